The zero-order valence-corrected chi connectivity index (χ0v) is 17.1. The van der Waals surface area contributed by atoms with Crippen LogP contribution in [0.15, 0.2) is 41.9 Å². The highest BCUT2D eigenvalue weighted by molar-refractivity contribution is 7.14. The normalized spacial score (nSPS) is 17.1. The number of anilines is 1. The van der Waals surface area contributed by atoms with Crippen LogP contribution in [-0.2, 0) is 20.0 Å². The molecule has 1 aromatic carbocycles. The van der Waals surface area contributed by atoms with Crippen molar-refractivity contribution in [3.63, 3.8) is 0 Å². The highest BCUT2D eigenvalue weighted by Gasteiger charge is 2.28. The van der Waals surface area contributed by atoms with Crippen molar-refractivity contribution < 1.29 is 4.79 Å². The minimum atomic E-state index is -0.111. The van der Waals surface area contributed by atoms with Gasteiger partial charge >= 0.3 is 0 Å². The van der Waals surface area contributed by atoms with E-state index in [0.29, 0.717) is 10.7 Å². The predicted molar refractivity (Wildman–Crippen MR) is 111 cm³/mol. The van der Waals surface area contributed by atoms with Crippen LogP contribution >= 0.6 is 11.3 Å². The van der Waals surface area contributed by atoms with Crippen molar-refractivity contribution in [1.29, 1.82) is 0 Å². The number of likely N-dealkylation sites (tertiary alicyclic amines) is 1. The highest BCUT2D eigenvalue weighted by Crippen LogP contribution is 2.34. The number of carbonyl (C=O) groups excluding carboxylic acids is 1. The van der Waals surface area contributed by atoms with E-state index in [0.717, 1.165) is 43.7 Å². The first kappa shape index (κ1) is 18.8. The van der Waals surface area contributed by atoms with E-state index in [1.54, 1.807) is 0 Å². The van der Waals surface area contributed by atoms with Crippen molar-refractivity contribution in [3.8, 4) is 0 Å². The number of nitrogens with zero attached hydrogens (tertiary/aromatic N) is 4. The second-order valence-corrected chi connectivity index (χ2v) is 8.05. The Kier molecular flexibility index (Phi) is 5.54. The summed E-state index contributed by atoms with van der Waals surface area (Å²) in [6, 6.07) is 10.1. The zero-order valence-electron chi connectivity index (χ0n) is 16.3. The van der Waals surface area contributed by atoms with E-state index in [1.807, 2.05) is 42.2 Å². The summed E-state index contributed by atoms with van der Waals surface area (Å²) in [7, 11) is 1.94. The third-order valence-corrected chi connectivity index (χ3v) is 5.98. The summed E-state index contributed by atoms with van der Waals surface area (Å²) >= 11 is 1.49. The SMILES string of the molecule is CCc1ccc(C(=O)Nc2nc(C3CCCN3Cc3ccn(C)n3)cs2)cc1. The zero-order chi connectivity index (χ0) is 19.5. The number of hydrogen-bond acceptors (Lipinski definition) is 5. The van der Waals surface area contributed by atoms with Crippen molar-refractivity contribution in [2.45, 2.75) is 38.8 Å². The molecule has 7 heteroatoms. The molecule has 3 heterocycles. The van der Waals surface area contributed by atoms with Gasteiger partial charge in [0.05, 0.1) is 17.4 Å². The summed E-state index contributed by atoms with van der Waals surface area (Å²) in [6.07, 6.45) is 5.18. The number of thiazole rings is 1. The van der Waals surface area contributed by atoms with Crippen LogP contribution in [0.25, 0.3) is 0 Å². The average molecular weight is 396 g/mol. The third-order valence-electron chi connectivity index (χ3n) is 5.21. The van der Waals surface area contributed by atoms with Gasteiger partial charge in [-0.3, -0.25) is 19.7 Å². The molecule has 0 radical (unpaired) electrons. The second-order valence-electron chi connectivity index (χ2n) is 7.19. The van der Waals surface area contributed by atoms with Crippen molar-refractivity contribution in [2.75, 3.05) is 11.9 Å². The fraction of sp³-hybridized carbons (Fsp3) is 0.381. The Bertz CT molecular complexity index is 946. The molecule has 1 amide bonds. The van der Waals surface area contributed by atoms with E-state index < -0.39 is 0 Å². The Labute approximate surface area is 169 Å². The van der Waals surface area contributed by atoms with Gasteiger partial charge in [-0.05, 0) is 49.6 Å². The fourth-order valence-corrected chi connectivity index (χ4v) is 4.42. The maximum absolute atomic E-state index is 12.5. The van der Waals surface area contributed by atoms with Gasteiger partial charge in [0.1, 0.15) is 0 Å². The van der Waals surface area contributed by atoms with Gasteiger partial charge in [-0.1, -0.05) is 19.1 Å². The predicted octanol–water partition coefficient (Wildman–Crippen LogP) is 4.03. The Morgan fingerprint density at radius 2 is 2.11 bits per heavy atom. The number of aryl methyl sites for hydroxylation is 2. The molecular weight excluding hydrogens is 370 g/mol. The number of hydrogen-bond donors (Lipinski definition) is 1. The van der Waals surface area contributed by atoms with Gasteiger partial charge in [-0.15, -0.1) is 11.3 Å². The summed E-state index contributed by atoms with van der Waals surface area (Å²) < 4.78 is 1.84. The molecule has 1 saturated heterocycles. The van der Waals surface area contributed by atoms with Gasteiger partial charge in [0, 0.05) is 30.7 Å². The fourth-order valence-electron chi connectivity index (χ4n) is 3.66. The molecule has 0 aliphatic carbocycles. The van der Waals surface area contributed by atoms with Crippen LogP contribution in [-0.4, -0.2) is 32.1 Å². The summed E-state index contributed by atoms with van der Waals surface area (Å²) in [6.45, 7) is 3.98. The molecule has 28 heavy (non-hydrogen) atoms. The van der Waals surface area contributed by atoms with E-state index in [1.165, 1.54) is 16.9 Å². The maximum atomic E-state index is 12.5. The Balaban J connectivity index is 1.42. The molecule has 1 aliphatic rings. The topological polar surface area (TPSA) is 63.1 Å². The van der Waals surface area contributed by atoms with Crippen LogP contribution in [0.4, 0.5) is 5.13 Å². The van der Waals surface area contributed by atoms with Crippen LogP contribution in [0.3, 0.4) is 0 Å². The molecule has 0 saturated carbocycles. The van der Waals surface area contributed by atoms with Crippen LogP contribution in [0.1, 0.15) is 53.1 Å². The number of nitrogens with one attached hydrogen (secondary N) is 1. The molecule has 2 aromatic heterocycles. The Hall–Kier alpha value is -2.51. The number of rotatable bonds is 6. The Morgan fingerprint density at radius 3 is 2.82 bits per heavy atom. The van der Waals surface area contributed by atoms with Crippen LogP contribution in [0.5, 0.6) is 0 Å². The van der Waals surface area contributed by atoms with Crippen LogP contribution in [0.2, 0.25) is 0 Å². The maximum Gasteiger partial charge on any atom is 0.257 e. The largest absolute Gasteiger partial charge is 0.298 e. The lowest BCUT2D eigenvalue weighted by Crippen LogP contribution is -2.23. The van der Waals surface area contributed by atoms with Gasteiger partial charge < -0.3 is 0 Å². The molecule has 1 fully saturated rings. The van der Waals surface area contributed by atoms with Crippen molar-refractivity contribution >= 4 is 22.4 Å². The molecule has 1 aliphatic heterocycles. The van der Waals surface area contributed by atoms with Gasteiger partial charge in [-0.25, -0.2) is 4.98 Å². The first-order valence-electron chi connectivity index (χ1n) is 9.70. The van der Waals surface area contributed by atoms with Gasteiger partial charge in [0.15, 0.2) is 5.13 Å². The molecule has 3 aromatic rings. The van der Waals surface area contributed by atoms with E-state index in [9.17, 15) is 4.79 Å². The minimum absolute atomic E-state index is 0.111. The minimum Gasteiger partial charge on any atom is -0.298 e. The van der Waals surface area contributed by atoms with Crippen molar-refractivity contribution in [3.05, 3.63) is 64.4 Å². The standard InChI is InChI=1S/C21H25N5OS/c1-3-15-6-8-16(9-7-15)20(27)23-21-22-18(14-28-21)19-5-4-11-26(19)13-17-10-12-25(2)24-17/h6-10,12,14,19H,3-5,11,13H2,1-2H3,(H,22,23,27). The lowest BCUT2D eigenvalue weighted by molar-refractivity contribution is 0.102. The van der Waals surface area contributed by atoms with Crippen molar-refractivity contribution in [2.24, 2.45) is 7.05 Å². The number of aromatic nitrogens is 3. The van der Waals surface area contributed by atoms with E-state index in [4.69, 9.17) is 4.98 Å². The molecule has 0 bridgehead atoms. The second kappa shape index (κ2) is 8.24. The molecule has 1 atom stereocenters. The molecule has 146 valence electrons. The van der Waals surface area contributed by atoms with E-state index in [2.05, 4.69) is 33.7 Å². The van der Waals surface area contributed by atoms with Gasteiger partial charge in [-0.2, -0.15) is 5.10 Å². The number of amides is 1. The smallest absolute Gasteiger partial charge is 0.257 e. The lowest BCUT2D eigenvalue weighted by Gasteiger charge is -2.21. The number of benzene rings is 1. The summed E-state index contributed by atoms with van der Waals surface area (Å²) in [4.78, 5) is 19.6. The number of carbonyl (C=O) groups is 1. The van der Waals surface area contributed by atoms with Gasteiger partial charge in [0.25, 0.3) is 5.91 Å². The summed E-state index contributed by atoms with van der Waals surface area (Å²) in [5.74, 6) is -0.111. The Morgan fingerprint density at radius 1 is 1.29 bits per heavy atom. The highest BCUT2D eigenvalue weighted by atomic mass is 32.1. The first-order chi connectivity index (χ1) is 13.6. The van der Waals surface area contributed by atoms with E-state index in [-0.39, 0.29) is 11.9 Å². The third kappa shape index (κ3) is 4.15. The summed E-state index contributed by atoms with van der Waals surface area (Å²) in [5, 5.41) is 10.2. The average Bonchev–Trinajstić information content (AvgIpc) is 3.44. The molecule has 1 unspecified atom stereocenters. The summed E-state index contributed by atoms with van der Waals surface area (Å²) in [5.41, 5.74) is 4.00. The van der Waals surface area contributed by atoms with Crippen LogP contribution < -0.4 is 5.32 Å². The molecule has 1 N–H and O–H groups in total. The van der Waals surface area contributed by atoms with E-state index >= 15 is 0 Å². The molecule has 4 rings (SSSR count). The molecule has 6 nitrogen and oxygen atoms in total. The first-order valence-corrected chi connectivity index (χ1v) is 10.6. The monoisotopic (exact) mass is 395 g/mol. The van der Waals surface area contributed by atoms with Crippen molar-refractivity contribution in [1.82, 2.24) is 19.7 Å². The quantitative estimate of drug-likeness (QED) is 0.684. The van der Waals surface area contributed by atoms with Gasteiger partial charge in [0.2, 0.25) is 0 Å². The molecular formula is C21H25N5OS. The van der Waals surface area contributed by atoms with Crippen LogP contribution in [0, 0.1) is 0 Å². The molecule has 0 spiro atoms. The lowest BCUT2D eigenvalue weighted by atomic mass is 10.1.